The highest BCUT2D eigenvalue weighted by atomic mass is 19.1. The summed E-state index contributed by atoms with van der Waals surface area (Å²) in [6.07, 6.45) is 1.44. The van der Waals surface area contributed by atoms with Gasteiger partial charge in [-0.1, -0.05) is 20.8 Å². The molecule has 0 radical (unpaired) electrons. The van der Waals surface area contributed by atoms with Gasteiger partial charge in [0.1, 0.15) is 34.5 Å². The molecular formula is C66H76F5N17O9. The van der Waals surface area contributed by atoms with Gasteiger partial charge in [0.05, 0.1) is 79.5 Å². The van der Waals surface area contributed by atoms with E-state index in [0.717, 1.165) is 35.5 Å². The van der Waals surface area contributed by atoms with Gasteiger partial charge < -0.3 is 60.7 Å². The normalized spacial score (nSPS) is 19.0. The molecule has 514 valence electrons. The summed E-state index contributed by atoms with van der Waals surface area (Å²) < 4.78 is 74.4. The van der Waals surface area contributed by atoms with E-state index in [1.54, 1.807) is 67.8 Å². The van der Waals surface area contributed by atoms with Crippen LogP contribution in [0, 0.1) is 66.9 Å². The summed E-state index contributed by atoms with van der Waals surface area (Å²) in [4.78, 5) is 92.6. The first kappa shape index (κ1) is 69.8. The number of anilines is 3. The van der Waals surface area contributed by atoms with Gasteiger partial charge in [-0.05, 0) is 74.2 Å². The maximum Gasteiger partial charge on any atom is 0.322 e. The number of aliphatic hydroxyl groups excluding tert-OH is 3. The van der Waals surface area contributed by atoms with Crippen LogP contribution in [0.3, 0.4) is 0 Å². The molecule has 12 rings (SSSR count). The molecule has 6 aliphatic rings. The van der Waals surface area contributed by atoms with Crippen molar-refractivity contribution in [1.82, 2.24) is 58.7 Å². The number of carbonyl (C=O) groups excluding carboxylic acids is 6. The van der Waals surface area contributed by atoms with Crippen LogP contribution < -0.4 is 16.0 Å². The minimum absolute atomic E-state index is 0.0928. The smallest absolute Gasteiger partial charge is 0.322 e. The third kappa shape index (κ3) is 14.3. The van der Waals surface area contributed by atoms with Crippen molar-refractivity contribution in [3.05, 3.63) is 151 Å². The predicted molar refractivity (Wildman–Crippen MR) is 343 cm³/mol. The number of aliphatic hydroxyl groups is 3. The van der Waals surface area contributed by atoms with Crippen LogP contribution in [0.2, 0.25) is 0 Å². The molecule has 97 heavy (non-hydrogen) atoms. The second-order valence-corrected chi connectivity index (χ2v) is 25.1. The fourth-order valence-electron chi connectivity index (χ4n) is 13.1. The molecular weight excluding hydrogens is 1270 g/mol. The zero-order valence-electron chi connectivity index (χ0n) is 54.7. The quantitative estimate of drug-likeness (QED) is 0.0594. The molecule has 0 unspecified atom stereocenters. The van der Waals surface area contributed by atoms with E-state index in [-0.39, 0.29) is 78.3 Å². The molecule has 0 saturated heterocycles. The summed E-state index contributed by atoms with van der Waals surface area (Å²) in [5.41, 5.74) is 4.37. The number of amides is 9. The SMILES string of the molecule is CC[C@H](O)[C@@H]1CN(C)C(=O)c2c3c(nn2C1)CCN(C(=O)Nc1ccc(F)c(C)c1)C3.[C-]#[N+]c1c(F)ccc(NC(=O)N2CCc3nn4c(c3C2)C(=O)N(C)C[C@@H]([C@H](O)CC)C4)c1F.[C-]#[N+]c1c(F)ccc(NC(=O)N2CCc3nn4c(c3C2)C(=O)N(C)C[C@H]([C@@H](O)CC)C4)c1F. The molecule has 6 aromatic rings. The van der Waals surface area contributed by atoms with Gasteiger partial charge in [0.25, 0.3) is 29.1 Å². The van der Waals surface area contributed by atoms with Gasteiger partial charge in [-0.15, -0.1) is 0 Å². The summed E-state index contributed by atoms with van der Waals surface area (Å²) in [5.74, 6) is -5.62. The van der Waals surface area contributed by atoms with E-state index in [9.17, 15) is 66.0 Å². The monoisotopic (exact) mass is 1350 g/mol. The molecule has 6 aliphatic heterocycles. The third-order valence-electron chi connectivity index (χ3n) is 18.7. The standard InChI is InChI=1S/2C22H24F2N6O3.C22H28FN5O3/c2*1-4-17(31)12-9-28(3)21(32)20-13-11-29(8-7-15(13)27-30(20)10-12)22(33)26-16-6-5-14(23)19(25-2)18(16)24;1-4-19(29)14-10-26(3)21(30)20-16-12-27(8-7-18(16)25-28(20)11-14)22(31)24-15-5-6-17(23)13(2)9-15/h2*5-6,12,17,31H,4,7-11H2,1,3H3,(H,26,33);5-6,9,14,19,29H,4,7-8,10-12H2,1-3H3,(H,24,31)/t2*12-,17-;14-,19+/m101/s1. The van der Waals surface area contributed by atoms with Crippen LogP contribution in [0.1, 0.15) is 111 Å². The Balaban J connectivity index is 0.000000158. The lowest BCUT2D eigenvalue weighted by Gasteiger charge is -2.28. The number of nitrogens with zero attached hydrogens (tertiary/aromatic N) is 14. The zero-order valence-corrected chi connectivity index (χ0v) is 54.7. The van der Waals surface area contributed by atoms with Gasteiger partial charge in [-0.2, -0.15) is 15.3 Å². The van der Waals surface area contributed by atoms with Crippen molar-refractivity contribution in [2.75, 3.05) is 76.4 Å². The van der Waals surface area contributed by atoms with Crippen molar-refractivity contribution >= 4 is 64.3 Å². The number of carbonyl (C=O) groups is 6. The van der Waals surface area contributed by atoms with Crippen LogP contribution in [-0.2, 0) is 58.5 Å². The summed E-state index contributed by atoms with van der Waals surface area (Å²) in [6.45, 7) is 25.2. The highest BCUT2D eigenvalue weighted by Gasteiger charge is 2.40. The highest BCUT2D eigenvalue weighted by molar-refractivity contribution is 5.97. The number of halogens is 5. The van der Waals surface area contributed by atoms with Gasteiger partial charge in [-0.3, -0.25) is 28.4 Å². The van der Waals surface area contributed by atoms with Crippen molar-refractivity contribution in [3.8, 4) is 0 Å². The Labute approximate surface area is 555 Å². The molecule has 0 spiro atoms. The number of aryl methyl sites for hydroxylation is 1. The minimum Gasteiger partial charge on any atom is -0.393 e. The van der Waals surface area contributed by atoms with Gasteiger partial charge in [0.15, 0.2) is 11.6 Å². The van der Waals surface area contributed by atoms with E-state index in [1.807, 2.05) is 20.8 Å². The van der Waals surface area contributed by atoms with Crippen LogP contribution in [0.15, 0.2) is 42.5 Å². The summed E-state index contributed by atoms with van der Waals surface area (Å²) in [7, 11) is 5.08. The number of nitrogens with one attached hydrogen (secondary N) is 3. The second-order valence-electron chi connectivity index (χ2n) is 25.1. The molecule has 3 aromatic carbocycles. The van der Waals surface area contributed by atoms with Crippen molar-refractivity contribution in [1.29, 1.82) is 0 Å². The average Bonchev–Trinajstić information content (AvgIpc) is 1.63. The molecule has 6 N–H and O–H groups in total. The molecule has 0 bridgehead atoms. The number of urea groups is 3. The van der Waals surface area contributed by atoms with E-state index in [0.29, 0.717) is 148 Å². The predicted octanol–water partition coefficient (Wildman–Crippen LogP) is 7.94. The number of hydrogen-bond acceptors (Lipinski definition) is 12. The zero-order chi connectivity index (χ0) is 70.0. The Bertz CT molecular complexity index is 3980. The molecule has 6 atom stereocenters. The Kier molecular flexibility index (Phi) is 21.0. The highest BCUT2D eigenvalue weighted by Crippen LogP contribution is 2.35. The van der Waals surface area contributed by atoms with Crippen molar-refractivity contribution in [2.45, 2.75) is 124 Å². The average molecular weight is 1350 g/mol. The number of benzene rings is 3. The molecule has 0 saturated carbocycles. The first-order valence-electron chi connectivity index (χ1n) is 32.0. The first-order valence-corrected chi connectivity index (χ1v) is 32.0. The molecule has 0 aliphatic carbocycles. The number of rotatable bonds is 9. The Morgan fingerprint density at radius 1 is 0.515 bits per heavy atom. The van der Waals surface area contributed by atoms with Crippen molar-refractivity contribution in [2.24, 2.45) is 17.8 Å². The lowest BCUT2D eigenvalue weighted by atomic mass is 10.0. The summed E-state index contributed by atoms with van der Waals surface area (Å²) in [5, 5.41) is 52.5. The lowest BCUT2D eigenvalue weighted by molar-refractivity contribution is 0.0618. The van der Waals surface area contributed by atoms with E-state index >= 15 is 0 Å². The molecule has 0 fully saturated rings. The summed E-state index contributed by atoms with van der Waals surface area (Å²) >= 11 is 0. The molecule has 26 nitrogen and oxygen atoms in total. The maximum absolute atomic E-state index is 14.4. The first-order chi connectivity index (χ1) is 46.3. The van der Waals surface area contributed by atoms with Crippen LogP contribution in [0.5, 0.6) is 0 Å². The van der Waals surface area contributed by atoms with Gasteiger partial charge in [0, 0.05) is 139 Å². The number of hydrogen-bond donors (Lipinski definition) is 6. The van der Waals surface area contributed by atoms with Gasteiger partial charge in [-0.25, -0.2) is 46.0 Å². The minimum atomic E-state index is -1.13. The second kappa shape index (κ2) is 29.2. The fourth-order valence-corrected chi connectivity index (χ4v) is 13.1. The largest absolute Gasteiger partial charge is 0.393 e. The van der Waals surface area contributed by atoms with Crippen molar-refractivity contribution < 1.29 is 66.0 Å². The van der Waals surface area contributed by atoms with Gasteiger partial charge in [0.2, 0.25) is 0 Å². The van der Waals surface area contributed by atoms with Crippen LogP contribution in [0.4, 0.5) is 64.8 Å². The Morgan fingerprint density at radius 2 is 0.835 bits per heavy atom. The lowest BCUT2D eigenvalue weighted by Crippen LogP contribution is -2.40. The molecule has 31 heteroatoms. The Morgan fingerprint density at radius 3 is 1.14 bits per heavy atom. The topological polar surface area (TPSA) is 281 Å². The van der Waals surface area contributed by atoms with Crippen LogP contribution in [-0.4, -0.2) is 189 Å². The number of fused-ring (bicyclic) bond motifs is 9. The number of aromatic nitrogens is 6. The molecule has 9 heterocycles. The van der Waals surface area contributed by atoms with Crippen LogP contribution >= 0.6 is 0 Å². The van der Waals surface area contributed by atoms with E-state index < -0.39 is 65.0 Å². The maximum atomic E-state index is 14.4. The van der Waals surface area contributed by atoms with Gasteiger partial charge >= 0.3 is 18.1 Å². The fraction of sp³-hybridized carbons (Fsp3) is 0.470. The molecule has 3 aromatic heterocycles. The van der Waals surface area contributed by atoms with E-state index in [4.69, 9.17) is 13.1 Å². The van der Waals surface area contributed by atoms with E-state index in [2.05, 4.69) is 40.9 Å². The van der Waals surface area contributed by atoms with E-state index in [1.165, 1.54) is 21.9 Å². The summed E-state index contributed by atoms with van der Waals surface area (Å²) in [6, 6.07) is 6.86. The van der Waals surface area contributed by atoms with Crippen LogP contribution in [0.25, 0.3) is 9.69 Å². The Hall–Kier alpha value is -9.98. The molecule has 9 amide bonds. The van der Waals surface area contributed by atoms with Crippen molar-refractivity contribution in [3.63, 3.8) is 0 Å². The third-order valence-corrected chi connectivity index (χ3v) is 18.7.